The number of hydrogen-bond acceptors (Lipinski definition) is 4. The highest BCUT2D eigenvalue weighted by Crippen LogP contribution is 2.33. The molecule has 0 bridgehead atoms. The minimum Gasteiger partial charge on any atom is -0.507 e. The molecule has 2 rings (SSSR count). The van der Waals surface area contributed by atoms with Crippen LogP contribution < -0.4 is 4.74 Å². The van der Waals surface area contributed by atoms with Gasteiger partial charge in [-0.25, -0.2) is 0 Å². The van der Waals surface area contributed by atoms with E-state index in [0.29, 0.717) is 29.9 Å². The molecule has 0 aliphatic rings. The second-order valence-electron chi connectivity index (χ2n) is 7.05. The van der Waals surface area contributed by atoms with Crippen LogP contribution in [0.2, 0.25) is 0 Å². The highest BCUT2D eigenvalue weighted by molar-refractivity contribution is 9.10. The van der Waals surface area contributed by atoms with Crippen molar-refractivity contribution in [1.29, 1.82) is 0 Å². The van der Waals surface area contributed by atoms with Crippen LogP contribution in [0.5, 0.6) is 11.5 Å². The Labute approximate surface area is 151 Å². The number of carbonyl (C=O) groups excluding carboxylic acids is 1. The number of phenols is 1. The predicted molar refractivity (Wildman–Crippen MR) is 97.5 cm³/mol. The number of phenolic OH excluding ortho intramolecular Hbond substituents is 1. The summed E-state index contributed by atoms with van der Waals surface area (Å²) in [4.78, 5) is 16.4. The highest BCUT2D eigenvalue weighted by atomic mass is 79.9. The molecule has 0 aliphatic heterocycles. The Morgan fingerprint density at radius 1 is 1.29 bits per heavy atom. The first kappa shape index (κ1) is 18.5. The van der Waals surface area contributed by atoms with E-state index in [1.165, 1.54) is 0 Å². The normalized spacial score (nSPS) is 11.4. The average molecular weight is 392 g/mol. The first-order valence-corrected chi connectivity index (χ1v) is 8.54. The molecule has 128 valence electrons. The Morgan fingerprint density at radius 3 is 2.62 bits per heavy atom. The van der Waals surface area contributed by atoms with Gasteiger partial charge < -0.3 is 9.84 Å². The summed E-state index contributed by atoms with van der Waals surface area (Å²) in [7, 11) is 0. The quantitative estimate of drug-likeness (QED) is 0.723. The van der Waals surface area contributed by atoms with Gasteiger partial charge in [0.05, 0.1) is 5.56 Å². The predicted octanol–water partition coefficient (Wildman–Crippen LogP) is 5.06. The maximum Gasteiger partial charge on any atom is 0.167 e. The van der Waals surface area contributed by atoms with E-state index < -0.39 is 0 Å². The smallest absolute Gasteiger partial charge is 0.167 e. The summed E-state index contributed by atoms with van der Waals surface area (Å²) in [5.74, 6) is 0.486. The molecule has 1 heterocycles. The number of nitrogens with zero attached hydrogens (tertiary/aromatic N) is 1. The zero-order valence-electron chi connectivity index (χ0n) is 14.4. The van der Waals surface area contributed by atoms with Crippen molar-refractivity contribution in [2.24, 2.45) is 5.41 Å². The molecule has 0 aliphatic carbocycles. The summed E-state index contributed by atoms with van der Waals surface area (Å²) < 4.78 is 6.64. The number of benzene rings is 1. The Morgan fingerprint density at radius 2 is 2.00 bits per heavy atom. The first-order chi connectivity index (χ1) is 11.2. The van der Waals surface area contributed by atoms with E-state index in [1.807, 2.05) is 26.8 Å². The van der Waals surface area contributed by atoms with Crippen LogP contribution in [0.25, 0.3) is 0 Å². The highest BCUT2D eigenvalue weighted by Gasteiger charge is 2.21. The van der Waals surface area contributed by atoms with Gasteiger partial charge in [-0.15, -0.1) is 0 Å². The lowest BCUT2D eigenvalue weighted by Gasteiger charge is -2.18. The Hall–Kier alpha value is -1.88. The average Bonchev–Trinajstić information content (AvgIpc) is 2.47. The minimum atomic E-state index is -0.125. The zero-order valence-corrected chi connectivity index (χ0v) is 16.0. The minimum absolute atomic E-state index is 0.00545. The van der Waals surface area contributed by atoms with Crippen molar-refractivity contribution in [3.05, 3.63) is 51.8 Å². The maximum absolute atomic E-state index is 12.3. The SMILES string of the molecule is Cc1c(OCc2cncc(Br)c2)ccc(C(=O)CC(C)(C)C)c1O. The number of carbonyl (C=O) groups is 1. The van der Waals surface area contributed by atoms with Gasteiger partial charge in [0.2, 0.25) is 0 Å². The van der Waals surface area contributed by atoms with Gasteiger partial charge in [0, 0.05) is 34.4 Å². The standard InChI is InChI=1S/C19H22BrNO3/c1-12-17(24-11-13-7-14(20)10-21-9-13)6-5-15(18(12)23)16(22)8-19(2,3)4/h5-7,9-10,23H,8,11H2,1-4H3. The number of hydrogen-bond donors (Lipinski definition) is 1. The zero-order chi connectivity index (χ0) is 17.9. The molecule has 24 heavy (non-hydrogen) atoms. The summed E-state index contributed by atoms with van der Waals surface area (Å²) in [5.41, 5.74) is 1.70. The van der Waals surface area contributed by atoms with Gasteiger partial charge in [0.25, 0.3) is 0 Å². The van der Waals surface area contributed by atoms with E-state index in [4.69, 9.17) is 4.74 Å². The van der Waals surface area contributed by atoms with Gasteiger partial charge >= 0.3 is 0 Å². The second kappa shape index (κ2) is 7.34. The third-order valence-electron chi connectivity index (χ3n) is 3.53. The summed E-state index contributed by atoms with van der Waals surface area (Å²) in [6, 6.07) is 5.28. The van der Waals surface area contributed by atoms with E-state index >= 15 is 0 Å². The van der Waals surface area contributed by atoms with Crippen molar-refractivity contribution in [2.45, 2.75) is 40.7 Å². The molecule has 0 saturated heterocycles. The Bertz CT molecular complexity index is 751. The third-order valence-corrected chi connectivity index (χ3v) is 3.96. The lowest BCUT2D eigenvalue weighted by atomic mass is 9.87. The number of halogens is 1. The molecular formula is C19H22BrNO3. The van der Waals surface area contributed by atoms with Gasteiger partial charge in [-0.1, -0.05) is 20.8 Å². The van der Waals surface area contributed by atoms with Crippen molar-refractivity contribution in [3.8, 4) is 11.5 Å². The molecule has 1 N–H and O–H groups in total. The van der Waals surface area contributed by atoms with Gasteiger partial charge in [-0.3, -0.25) is 9.78 Å². The Balaban J connectivity index is 2.16. The molecule has 0 amide bonds. The maximum atomic E-state index is 12.3. The van der Waals surface area contributed by atoms with Crippen molar-refractivity contribution in [2.75, 3.05) is 0 Å². The number of rotatable bonds is 5. The van der Waals surface area contributed by atoms with Gasteiger partial charge in [-0.2, -0.15) is 0 Å². The molecule has 0 unspecified atom stereocenters. The number of pyridine rings is 1. The van der Waals surface area contributed by atoms with Crippen LogP contribution in [-0.2, 0) is 6.61 Å². The molecule has 4 nitrogen and oxygen atoms in total. The number of Topliss-reactive ketones (excluding diaryl/α,β-unsaturated/α-hetero) is 1. The molecule has 0 radical (unpaired) electrons. The third kappa shape index (κ3) is 4.81. The Kier molecular flexibility index (Phi) is 5.65. The second-order valence-corrected chi connectivity index (χ2v) is 7.96. The molecule has 0 fully saturated rings. The van der Waals surface area contributed by atoms with Crippen LogP contribution in [0.4, 0.5) is 0 Å². The summed E-state index contributed by atoms with van der Waals surface area (Å²) in [5, 5.41) is 10.4. The van der Waals surface area contributed by atoms with Crippen LogP contribution >= 0.6 is 15.9 Å². The number of aromatic nitrogens is 1. The molecular weight excluding hydrogens is 370 g/mol. The summed E-state index contributed by atoms with van der Waals surface area (Å²) in [6.07, 6.45) is 3.81. The van der Waals surface area contributed by atoms with Crippen LogP contribution in [0.1, 0.15) is 48.7 Å². The molecule has 0 saturated carbocycles. The number of ether oxygens (including phenoxy) is 1. The lowest BCUT2D eigenvalue weighted by molar-refractivity contribution is 0.0937. The van der Waals surface area contributed by atoms with Crippen molar-refractivity contribution >= 4 is 21.7 Å². The molecule has 0 spiro atoms. The van der Waals surface area contributed by atoms with E-state index in [1.54, 1.807) is 31.5 Å². The monoisotopic (exact) mass is 391 g/mol. The topological polar surface area (TPSA) is 59.4 Å². The molecule has 1 aromatic carbocycles. The number of aromatic hydroxyl groups is 1. The van der Waals surface area contributed by atoms with E-state index in [2.05, 4.69) is 20.9 Å². The van der Waals surface area contributed by atoms with Crippen molar-refractivity contribution < 1.29 is 14.6 Å². The fourth-order valence-corrected chi connectivity index (χ4v) is 2.75. The summed E-state index contributed by atoms with van der Waals surface area (Å²) in [6.45, 7) is 8.08. The molecule has 0 atom stereocenters. The van der Waals surface area contributed by atoms with Gasteiger partial charge in [-0.05, 0) is 46.5 Å². The molecule has 1 aromatic heterocycles. The summed E-state index contributed by atoms with van der Waals surface area (Å²) >= 11 is 3.37. The fraction of sp³-hybridized carbons (Fsp3) is 0.368. The molecule has 5 heteroatoms. The van der Waals surface area contributed by atoms with Crippen LogP contribution in [0, 0.1) is 12.3 Å². The van der Waals surface area contributed by atoms with E-state index in [9.17, 15) is 9.90 Å². The first-order valence-electron chi connectivity index (χ1n) is 7.75. The van der Waals surface area contributed by atoms with Crippen LogP contribution in [0.3, 0.4) is 0 Å². The number of ketones is 1. The molecule has 2 aromatic rings. The van der Waals surface area contributed by atoms with E-state index in [-0.39, 0.29) is 16.9 Å². The van der Waals surface area contributed by atoms with Crippen LogP contribution in [0.15, 0.2) is 35.1 Å². The van der Waals surface area contributed by atoms with Crippen molar-refractivity contribution in [1.82, 2.24) is 4.98 Å². The van der Waals surface area contributed by atoms with Gasteiger partial charge in [0.15, 0.2) is 5.78 Å². The van der Waals surface area contributed by atoms with Gasteiger partial charge in [0.1, 0.15) is 18.1 Å². The largest absolute Gasteiger partial charge is 0.507 e. The van der Waals surface area contributed by atoms with Crippen LogP contribution in [-0.4, -0.2) is 15.9 Å². The van der Waals surface area contributed by atoms with Crippen molar-refractivity contribution in [3.63, 3.8) is 0 Å². The van der Waals surface area contributed by atoms with E-state index in [0.717, 1.165) is 10.0 Å². The lowest BCUT2D eigenvalue weighted by Crippen LogP contribution is -2.13. The fourth-order valence-electron chi connectivity index (χ4n) is 2.34.